The van der Waals surface area contributed by atoms with Crippen LogP contribution in [-0.4, -0.2) is 58.5 Å². The van der Waals surface area contributed by atoms with Crippen LogP contribution < -0.4 is 0 Å². The highest BCUT2D eigenvalue weighted by molar-refractivity contribution is 5.80. The third-order valence-electron chi connectivity index (χ3n) is 5.50. The van der Waals surface area contributed by atoms with E-state index in [2.05, 4.69) is 4.90 Å². The van der Waals surface area contributed by atoms with Crippen LogP contribution in [0.1, 0.15) is 46.5 Å². The number of esters is 1. The van der Waals surface area contributed by atoms with Crippen LogP contribution in [0, 0.1) is 11.8 Å². The van der Waals surface area contributed by atoms with Crippen molar-refractivity contribution in [3.8, 4) is 0 Å². The molecule has 2 N–H and O–H groups in total. The van der Waals surface area contributed by atoms with E-state index in [0.29, 0.717) is 25.0 Å². The van der Waals surface area contributed by atoms with Crippen LogP contribution in [0.3, 0.4) is 0 Å². The van der Waals surface area contributed by atoms with Crippen LogP contribution in [-0.2, 0) is 9.53 Å². The molecule has 0 saturated carbocycles. The molecule has 2 saturated heterocycles. The fraction of sp³-hybridized carbons (Fsp3) is 0.938. The maximum atomic E-state index is 12.3. The zero-order valence-electron chi connectivity index (χ0n) is 13.4. The highest BCUT2D eigenvalue weighted by Crippen LogP contribution is 2.33. The van der Waals surface area contributed by atoms with Gasteiger partial charge in [0, 0.05) is 12.0 Å². The van der Waals surface area contributed by atoms with Gasteiger partial charge in [-0.15, -0.1) is 0 Å². The first-order valence-corrected chi connectivity index (χ1v) is 8.22. The lowest BCUT2D eigenvalue weighted by Gasteiger charge is -2.34. The minimum atomic E-state index is -1.80. The monoisotopic (exact) mass is 299 g/mol. The van der Waals surface area contributed by atoms with Gasteiger partial charge in [-0.2, -0.15) is 0 Å². The fourth-order valence-corrected chi connectivity index (χ4v) is 3.77. The Hall–Kier alpha value is -0.650. The molecule has 2 aliphatic rings. The van der Waals surface area contributed by atoms with Crippen molar-refractivity contribution in [1.29, 1.82) is 0 Å². The molecule has 5 nitrogen and oxygen atoms in total. The molecule has 0 aromatic carbocycles. The number of carbonyl (C=O) groups excluding carboxylic acids is 1. The van der Waals surface area contributed by atoms with Gasteiger partial charge in [0.05, 0.1) is 12.7 Å². The maximum Gasteiger partial charge on any atom is 0.341 e. The summed E-state index contributed by atoms with van der Waals surface area (Å²) in [5.41, 5.74) is -1.80. The van der Waals surface area contributed by atoms with Crippen LogP contribution >= 0.6 is 0 Å². The Balaban J connectivity index is 1.93. The number of rotatable bonds is 6. The molecule has 5 atom stereocenters. The second-order valence-electron chi connectivity index (χ2n) is 6.70. The normalized spacial score (nSPS) is 31.5. The Morgan fingerprint density at radius 2 is 2.10 bits per heavy atom. The minimum Gasteiger partial charge on any atom is -0.463 e. The first kappa shape index (κ1) is 16.7. The van der Waals surface area contributed by atoms with Crippen molar-refractivity contribution < 1.29 is 19.7 Å². The molecule has 2 rings (SSSR count). The quantitative estimate of drug-likeness (QED) is 0.721. The molecule has 0 aromatic rings. The fourth-order valence-electron chi connectivity index (χ4n) is 3.77. The minimum absolute atomic E-state index is 0.337. The number of nitrogens with zero attached hydrogens (tertiary/aromatic N) is 1. The van der Waals surface area contributed by atoms with Crippen LogP contribution in [0.4, 0.5) is 0 Å². The Morgan fingerprint density at radius 3 is 2.71 bits per heavy atom. The topological polar surface area (TPSA) is 70.0 Å². The largest absolute Gasteiger partial charge is 0.463 e. The lowest BCUT2D eigenvalue weighted by molar-refractivity contribution is -0.187. The van der Waals surface area contributed by atoms with E-state index in [1.165, 1.54) is 19.8 Å². The van der Waals surface area contributed by atoms with Gasteiger partial charge in [0.15, 0.2) is 5.60 Å². The van der Waals surface area contributed by atoms with Crippen LogP contribution in [0.25, 0.3) is 0 Å². The summed E-state index contributed by atoms with van der Waals surface area (Å²) in [6.45, 7) is 7.69. The number of aliphatic hydroxyl groups excluding tert-OH is 1. The number of hydrogen-bond acceptors (Lipinski definition) is 5. The SMILES string of the molecule is CCC(C)C(O)(C(=O)OCC1CCN2CCCC12)C(C)O. The third kappa shape index (κ3) is 3.10. The van der Waals surface area contributed by atoms with E-state index in [-0.39, 0.29) is 5.92 Å². The molecule has 0 aliphatic carbocycles. The molecule has 0 spiro atoms. The molecule has 2 heterocycles. The van der Waals surface area contributed by atoms with Crippen molar-refractivity contribution in [2.45, 2.75) is 64.2 Å². The van der Waals surface area contributed by atoms with Crippen LogP contribution in [0.15, 0.2) is 0 Å². The predicted molar refractivity (Wildman–Crippen MR) is 79.7 cm³/mol. The van der Waals surface area contributed by atoms with Crippen molar-refractivity contribution in [2.24, 2.45) is 11.8 Å². The van der Waals surface area contributed by atoms with Crippen LogP contribution in [0.5, 0.6) is 0 Å². The summed E-state index contributed by atoms with van der Waals surface area (Å²) in [4.78, 5) is 14.8. The zero-order valence-corrected chi connectivity index (χ0v) is 13.4. The van der Waals surface area contributed by atoms with E-state index < -0.39 is 17.7 Å². The Labute approximate surface area is 127 Å². The van der Waals surface area contributed by atoms with E-state index in [1.807, 2.05) is 6.92 Å². The first-order chi connectivity index (χ1) is 9.91. The molecule has 0 amide bonds. The van der Waals surface area contributed by atoms with Gasteiger partial charge >= 0.3 is 5.97 Å². The smallest absolute Gasteiger partial charge is 0.341 e. The second kappa shape index (κ2) is 6.63. The second-order valence-corrected chi connectivity index (χ2v) is 6.70. The molecule has 0 aromatic heterocycles. The average Bonchev–Trinajstić information content (AvgIpc) is 3.06. The lowest BCUT2D eigenvalue weighted by atomic mass is 9.82. The molecule has 0 radical (unpaired) electrons. The van der Waals surface area contributed by atoms with Crippen molar-refractivity contribution in [3.63, 3.8) is 0 Å². The molecule has 5 unspecified atom stereocenters. The van der Waals surface area contributed by atoms with Gasteiger partial charge < -0.3 is 14.9 Å². The summed E-state index contributed by atoms with van der Waals surface area (Å²) >= 11 is 0. The number of aliphatic hydroxyl groups is 2. The van der Waals surface area contributed by atoms with Gasteiger partial charge in [-0.25, -0.2) is 4.79 Å². The van der Waals surface area contributed by atoms with Gasteiger partial charge in [-0.3, -0.25) is 4.90 Å². The molecular weight excluding hydrogens is 270 g/mol. The summed E-state index contributed by atoms with van der Waals surface area (Å²) in [6.07, 6.45) is 2.92. The maximum absolute atomic E-state index is 12.3. The van der Waals surface area contributed by atoms with E-state index in [0.717, 1.165) is 19.5 Å². The van der Waals surface area contributed by atoms with E-state index in [4.69, 9.17) is 4.74 Å². The van der Waals surface area contributed by atoms with Gasteiger partial charge in [-0.1, -0.05) is 20.3 Å². The van der Waals surface area contributed by atoms with Gasteiger partial charge in [0.25, 0.3) is 0 Å². The van der Waals surface area contributed by atoms with Crippen LogP contribution in [0.2, 0.25) is 0 Å². The molecule has 5 heteroatoms. The van der Waals surface area contributed by atoms with Crippen molar-refractivity contribution >= 4 is 5.97 Å². The molecule has 122 valence electrons. The zero-order chi connectivity index (χ0) is 15.6. The summed E-state index contributed by atoms with van der Waals surface area (Å²) in [5.74, 6) is -0.647. The summed E-state index contributed by atoms with van der Waals surface area (Å²) in [5, 5.41) is 20.4. The number of fused-ring (bicyclic) bond motifs is 1. The first-order valence-electron chi connectivity index (χ1n) is 8.22. The highest BCUT2D eigenvalue weighted by atomic mass is 16.6. The summed E-state index contributed by atoms with van der Waals surface area (Å²) < 4.78 is 5.41. The van der Waals surface area contributed by atoms with Gasteiger partial charge in [0.2, 0.25) is 0 Å². The van der Waals surface area contributed by atoms with Gasteiger partial charge in [-0.05, 0) is 45.2 Å². The molecule has 0 bridgehead atoms. The molecule has 2 fully saturated rings. The number of ether oxygens (including phenoxy) is 1. The highest BCUT2D eigenvalue weighted by Gasteiger charge is 2.47. The van der Waals surface area contributed by atoms with E-state index >= 15 is 0 Å². The summed E-state index contributed by atoms with van der Waals surface area (Å²) in [6, 6.07) is 0.529. The van der Waals surface area contributed by atoms with E-state index in [9.17, 15) is 15.0 Å². The number of hydrogen-bond donors (Lipinski definition) is 2. The van der Waals surface area contributed by atoms with Gasteiger partial charge in [0.1, 0.15) is 0 Å². The molecule has 2 aliphatic heterocycles. The molecular formula is C16H29NO4. The predicted octanol–water partition coefficient (Wildman–Crippen LogP) is 1.17. The van der Waals surface area contributed by atoms with Crippen molar-refractivity contribution in [1.82, 2.24) is 4.90 Å². The Morgan fingerprint density at radius 1 is 1.38 bits per heavy atom. The lowest BCUT2D eigenvalue weighted by Crippen LogP contribution is -2.54. The average molecular weight is 299 g/mol. The Kier molecular flexibility index (Phi) is 5.28. The summed E-state index contributed by atoms with van der Waals surface area (Å²) in [7, 11) is 0. The third-order valence-corrected chi connectivity index (χ3v) is 5.50. The van der Waals surface area contributed by atoms with E-state index in [1.54, 1.807) is 6.92 Å². The standard InChI is InChI=1S/C16H29NO4/c1-4-11(2)16(20,12(3)18)15(19)21-10-13-7-9-17-8-5-6-14(13)17/h11-14,18,20H,4-10H2,1-3H3. The Bertz CT molecular complexity index is 373. The molecule has 21 heavy (non-hydrogen) atoms. The number of carbonyl (C=O) groups is 1. The van der Waals surface area contributed by atoms with Crippen molar-refractivity contribution in [3.05, 3.63) is 0 Å². The van der Waals surface area contributed by atoms with Crippen molar-refractivity contribution in [2.75, 3.05) is 19.7 Å².